The minimum atomic E-state index is -1.02. The topological polar surface area (TPSA) is 60.8 Å². The Kier molecular flexibility index (Phi) is 4.81. The maximum Gasteiger partial charge on any atom is 0.408 e. The largest absolute Gasteiger partial charge is 0.465 e. The molecule has 0 saturated carbocycles. The number of hydrogen-bond donors (Lipinski definition) is 2. The van der Waals surface area contributed by atoms with Crippen molar-refractivity contribution >= 4 is 6.09 Å². The highest BCUT2D eigenvalue weighted by molar-refractivity contribution is 5.66. The first-order valence-corrected chi connectivity index (χ1v) is 5.03. The second kappa shape index (κ2) is 5.16. The molecule has 0 aliphatic heterocycles. The molecule has 0 aromatic heterocycles. The lowest BCUT2D eigenvalue weighted by Gasteiger charge is -2.39. The van der Waals surface area contributed by atoms with Gasteiger partial charge in [-0.15, -0.1) is 6.58 Å². The summed E-state index contributed by atoms with van der Waals surface area (Å²) in [6.45, 7) is 10.6. The van der Waals surface area contributed by atoms with E-state index in [1.54, 1.807) is 33.8 Å². The van der Waals surface area contributed by atoms with Crippen molar-refractivity contribution in [1.82, 2.24) is 4.90 Å². The molecule has 0 aromatic carbocycles. The lowest BCUT2D eigenvalue weighted by atomic mass is 10.00. The molecule has 0 aromatic rings. The Labute approximate surface area is 91.2 Å². The van der Waals surface area contributed by atoms with Crippen molar-refractivity contribution in [3.8, 4) is 0 Å². The predicted molar refractivity (Wildman–Crippen MR) is 59.9 cm³/mol. The van der Waals surface area contributed by atoms with Crippen LogP contribution in [-0.4, -0.2) is 38.9 Å². The Bertz CT molecular complexity index is 232. The predicted octanol–water partition coefficient (Wildman–Crippen LogP) is 2.09. The molecule has 2 N–H and O–H groups in total. The summed E-state index contributed by atoms with van der Waals surface area (Å²) in [5.74, 6) is 0. The van der Waals surface area contributed by atoms with Crippen LogP contribution in [0.15, 0.2) is 12.7 Å². The molecular formula is C11H21NO3. The summed E-state index contributed by atoms with van der Waals surface area (Å²) in [7, 11) is 0. The Morgan fingerprint density at radius 1 is 1.53 bits per heavy atom. The van der Waals surface area contributed by atoms with Gasteiger partial charge in [0.2, 0.25) is 0 Å². The van der Waals surface area contributed by atoms with Crippen molar-refractivity contribution in [2.45, 2.75) is 51.8 Å². The van der Waals surface area contributed by atoms with Gasteiger partial charge in [0.15, 0.2) is 0 Å². The standard InChI is InChI=1S/C11H21NO3/c1-6-7-9(13)8(2)12(10(14)15)11(3,4)5/h6,8-9,13H,1,7H2,2-5H3,(H,14,15)/t8-,9+/m1/s1. The van der Waals surface area contributed by atoms with Gasteiger partial charge in [-0.1, -0.05) is 6.08 Å². The summed E-state index contributed by atoms with van der Waals surface area (Å²) in [6, 6.07) is -0.444. The van der Waals surface area contributed by atoms with E-state index in [-0.39, 0.29) is 0 Å². The highest BCUT2D eigenvalue weighted by Crippen LogP contribution is 2.20. The van der Waals surface area contributed by atoms with Gasteiger partial charge in [-0.3, -0.25) is 4.90 Å². The van der Waals surface area contributed by atoms with Gasteiger partial charge in [-0.25, -0.2) is 4.79 Å². The van der Waals surface area contributed by atoms with Crippen LogP contribution in [0.2, 0.25) is 0 Å². The number of aliphatic hydroxyl groups is 1. The number of nitrogens with zero attached hydrogens (tertiary/aromatic N) is 1. The van der Waals surface area contributed by atoms with E-state index in [9.17, 15) is 9.90 Å². The second-order valence-electron chi connectivity index (χ2n) is 4.66. The summed E-state index contributed by atoms with van der Waals surface area (Å²) >= 11 is 0. The molecule has 0 aliphatic carbocycles. The van der Waals surface area contributed by atoms with Crippen molar-refractivity contribution in [2.75, 3.05) is 0 Å². The van der Waals surface area contributed by atoms with E-state index in [1.165, 1.54) is 4.90 Å². The fourth-order valence-electron chi connectivity index (χ4n) is 1.61. The molecule has 0 rings (SSSR count). The molecule has 88 valence electrons. The first kappa shape index (κ1) is 14.0. The third-order valence-corrected chi connectivity index (χ3v) is 2.30. The Hall–Kier alpha value is -1.03. The average molecular weight is 215 g/mol. The lowest BCUT2D eigenvalue weighted by molar-refractivity contribution is 0.0162. The molecule has 4 nitrogen and oxygen atoms in total. The Morgan fingerprint density at radius 3 is 2.27 bits per heavy atom. The molecule has 0 saturated heterocycles. The molecule has 0 unspecified atom stereocenters. The van der Waals surface area contributed by atoms with Crippen molar-refractivity contribution < 1.29 is 15.0 Å². The van der Waals surface area contributed by atoms with Gasteiger partial charge in [0.25, 0.3) is 0 Å². The van der Waals surface area contributed by atoms with Crippen LogP contribution in [0.3, 0.4) is 0 Å². The second-order valence-corrected chi connectivity index (χ2v) is 4.66. The van der Waals surface area contributed by atoms with Gasteiger partial charge in [0, 0.05) is 5.54 Å². The van der Waals surface area contributed by atoms with Crippen LogP contribution in [0, 0.1) is 0 Å². The van der Waals surface area contributed by atoms with Crippen LogP contribution in [0.5, 0.6) is 0 Å². The Balaban J connectivity index is 4.78. The number of rotatable bonds is 4. The molecule has 0 radical (unpaired) electrons. The number of amides is 1. The summed E-state index contributed by atoms with van der Waals surface area (Å²) in [4.78, 5) is 12.4. The van der Waals surface area contributed by atoms with Crippen molar-refractivity contribution in [3.05, 3.63) is 12.7 Å². The molecule has 0 spiro atoms. The molecule has 0 fully saturated rings. The Morgan fingerprint density at radius 2 is 2.00 bits per heavy atom. The maximum absolute atomic E-state index is 11.1. The smallest absolute Gasteiger partial charge is 0.408 e. The molecule has 2 atom stereocenters. The SMILES string of the molecule is C=CC[C@H](O)[C@@H](C)N(C(=O)O)C(C)(C)C. The minimum Gasteiger partial charge on any atom is -0.465 e. The lowest BCUT2D eigenvalue weighted by Crippen LogP contribution is -2.54. The molecule has 4 heteroatoms. The highest BCUT2D eigenvalue weighted by atomic mass is 16.4. The van der Waals surface area contributed by atoms with E-state index in [4.69, 9.17) is 5.11 Å². The van der Waals surface area contributed by atoms with Crippen LogP contribution in [0.4, 0.5) is 4.79 Å². The zero-order valence-electron chi connectivity index (χ0n) is 9.90. The van der Waals surface area contributed by atoms with E-state index in [0.717, 1.165) is 0 Å². The normalized spacial score (nSPS) is 15.5. The molecule has 0 heterocycles. The summed E-state index contributed by atoms with van der Waals surface area (Å²) in [5.41, 5.74) is -0.520. The van der Waals surface area contributed by atoms with Gasteiger partial charge in [0.1, 0.15) is 0 Å². The maximum atomic E-state index is 11.1. The van der Waals surface area contributed by atoms with Crippen LogP contribution in [0.1, 0.15) is 34.1 Å². The van der Waals surface area contributed by atoms with Crippen LogP contribution >= 0.6 is 0 Å². The first-order chi connectivity index (χ1) is 6.71. The number of aliphatic hydroxyl groups excluding tert-OH is 1. The third kappa shape index (κ3) is 3.91. The van der Waals surface area contributed by atoms with E-state index in [1.807, 2.05) is 0 Å². The van der Waals surface area contributed by atoms with Crippen molar-refractivity contribution in [3.63, 3.8) is 0 Å². The molecular weight excluding hydrogens is 194 g/mol. The van der Waals surface area contributed by atoms with Gasteiger partial charge in [-0.2, -0.15) is 0 Å². The van der Waals surface area contributed by atoms with Crippen molar-refractivity contribution in [1.29, 1.82) is 0 Å². The van der Waals surface area contributed by atoms with E-state index in [0.29, 0.717) is 6.42 Å². The summed E-state index contributed by atoms with van der Waals surface area (Å²) in [6.07, 6.45) is 0.251. The summed E-state index contributed by atoms with van der Waals surface area (Å²) in [5, 5.41) is 18.8. The van der Waals surface area contributed by atoms with Gasteiger partial charge in [-0.05, 0) is 34.1 Å². The minimum absolute atomic E-state index is 0.390. The molecule has 1 amide bonds. The van der Waals surface area contributed by atoms with E-state index >= 15 is 0 Å². The van der Waals surface area contributed by atoms with E-state index < -0.39 is 23.8 Å². The fourth-order valence-corrected chi connectivity index (χ4v) is 1.61. The van der Waals surface area contributed by atoms with Crippen LogP contribution in [-0.2, 0) is 0 Å². The average Bonchev–Trinajstić information content (AvgIpc) is 2.00. The third-order valence-electron chi connectivity index (χ3n) is 2.30. The molecule has 0 aliphatic rings. The first-order valence-electron chi connectivity index (χ1n) is 5.03. The van der Waals surface area contributed by atoms with Crippen molar-refractivity contribution in [2.24, 2.45) is 0 Å². The summed E-state index contributed by atoms with van der Waals surface area (Å²) < 4.78 is 0. The zero-order chi connectivity index (χ0) is 12.2. The number of carboxylic acid groups (broad SMARTS) is 1. The number of hydrogen-bond acceptors (Lipinski definition) is 2. The molecule has 15 heavy (non-hydrogen) atoms. The van der Waals surface area contributed by atoms with Gasteiger partial charge >= 0.3 is 6.09 Å². The quantitative estimate of drug-likeness (QED) is 0.706. The van der Waals surface area contributed by atoms with Gasteiger partial charge < -0.3 is 10.2 Å². The van der Waals surface area contributed by atoms with Crippen LogP contribution < -0.4 is 0 Å². The van der Waals surface area contributed by atoms with Crippen LogP contribution in [0.25, 0.3) is 0 Å². The van der Waals surface area contributed by atoms with E-state index in [2.05, 4.69) is 6.58 Å². The fraction of sp³-hybridized carbons (Fsp3) is 0.727. The number of carbonyl (C=O) groups is 1. The molecule has 0 bridgehead atoms. The highest BCUT2D eigenvalue weighted by Gasteiger charge is 2.33. The zero-order valence-corrected chi connectivity index (χ0v) is 9.90. The van der Waals surface area contributed by atoms with Gasteiger partial charge in [0.05, 0.1) is 12.1 Å². The monoisotopic (exact) mass is 215 g/mol.